The van der Waals surface area contributed by atoms with Crippen molar-refractivity contribution in [1.82, 2.24) is 15.2 Å². The molecule has 26 heavy (non-hydrogen) atoms. The molecule has 0 bridgehead atoms. The number of esters is 1. The Kier molecular flexibility index (Phi) is 6.97. The molecule has 0 amide bonds. The van der Waals surface area contributed by atoms with E-state index in [1.165, 1.54) is 14.2 Å². The number of aryl methyl sites for hydroxylation is 1. The highest BCUT2D eigenvalue weighted by Crippen LogP contribution is 2.21. The average Bonchev–Trinajstić information content (AvgIpc) is 3.05. The number of hydrogen-bond acceptors (Lipinski definition) is 6. The largest absolute Gasteiger partial charge is 0.496 e. The van der Waals surface area contributed by atoms with Crippen LogP contribution in [0.15, 0.2) is 28.6 Å². The molecule has 0 saturated heterocycles. The lowest BCUT2D eigenvalue weighted by Gasteiger charge is -2.21. The second-order valence-electron chi connectivity index (χ2n) is 5.64. The van der Waals surface area contributed by atoms with E-state index in [2.05, 4.69) is 20.7 Å². The summed E-state index contributed by atoms with van der Waals surface area (Å²) in [5.41, 5.74) is 2.38. The first-order chi connectivity index (χ1) is 12.5. The third-order valence-electron chi connectivity index (χ3n) is 3.76. The molecule has 0 atom stereocenters. The molecule has 0 spiro atoms. The van der Waals surface area contributed by atoms with Crippen molar-refractivity contribution in [3.8, 4) is 5.75 Å². The molecule has 2 aromatic rings. The summed E-state index contributed by atoms with van der Waals surface area (Å²) < 4.78 is 10.1. The molecule has 1 aromatic carbocycles. The summed E-state index contributed by atoms with van der Waals surface area (Å²) in [6.45, 7) is 3.21. The topological polar surface area (TPSA) is 76.1 Å². The number of hydrogen-bond donors (Lipinski definition) is 1. The second kappa shape index (κ2) is 9.19. The third kappa shape index (κ3) is 4.95. The van der Waals surface area contributed by atoms with Crippen LogP contribution in [0.5, 0.6) is 5.75 Å². The molecule has 2 rings (SSSR count). The molecule has 1 heterocycles. The number of aliphatic imine (C=N–C) groups is 1. The Morgan fingerprint density at radius 2 is 2.15 bits per heavy atom. The van der Waals surface area contributed by atoms with E-state index in [4.69, 9.17) is 9.47 Å². The van der Waals surface area contributed by atoms with Gasteiger partial charge < -0.3 is 19.7 Å². The summed E-state index contributed by atoms with van der Waals surface area (Å²) >= 11 is 1.64. The number of guanidine groups is 1. The van der Waals surface area contributed by atoms with Gasteiger partial charge in [0, 0.05) is 26.0 Å². The predicted molar refractivity (Wildman–Crippen MR) is 103 cm³/mol. The maximum atomic E-state index is 11.7. The fraction of sp³-hybridized carbons (Fsp3) is 0.389. The van der Waals surface area contributed by atoms with Crippen LogP contribution in [0.4, 0.5) is 0 Å². The predicted octanol–water partition coefficient (Wildman–Crippen LogP) is 2.45. The number of ether oxygens (including phenoxy) is 2. The third-order valence-corrected chi connectivity index (χ3v) is 4.58. The quantitative estimate of drug-likeness (QED) is 0.474. The Labute approximate surface area is 157 Å². The summed E-state index contributed by atoms with van der Waals surface area (Å²) in [6, 6.07) is 5.38. The van der Waals surface area contributed by atoms with Gasteiger partial charge in [-0.05, 0) is 24.6 Å². The first kappa shape index (κ1) is 19.7. The lowest BCUT2D eigenvalue weighted by molar-refractivity contribution is 0.0597. The van der Waals surface area contributed by atoms with E-state index in [-0.39, 0.29) is 0 Å². The molecule has 0 aliphatic carbocycles. The van der Waals surface area contributed by atoms with Gasteiger partial charge in [-0.3, -0.25) is 4.99 Å². The normalized spacial score (nSPS) is 11.2. The van der Waals surface area contributed by atoms with Crippen molar-refractivity contribution in [2.24, 2.45) is 4.99 Å². The van der Waals surface area contributed by atoms with Gasteiger partial charge in [0.1, 0.15) is 11.3 Å². The number of methoxy groups -OCH3 is 2. The highest BCUT2D eigenvalue weighted by atomic mass is 32.1. The first-order valence-corrected chi connectivity index (χ1v) is 8.94. The van der Waals surface area contributed by atoms with Crippen molar-refractivity contribution in [2.45, 2.75) is 20.0 Å². The Balaban J connectivity index is 2.02. The average molecular weight is 376 g/mol. The summed E-state index contributed by atoms with van der Waals surface area (Å²) in [7, 11) is 6.58. The molecule has 1 aromatic heterocycles. The molecule has 140 valence electrons. The smallest absolute Gasteiger partial charge is 0.341 e. The highest BCUT2D eigenvalue weighted by Gasteiger charge is 2.14. The zero-order valence-corrected chi connectivity index (χ0v) is 16.5. The molecular formula is C18H24N4O3S. The maximum absolute atomic E-state index is 11.7. The zero-order chi connectivity index (χ0) is 19.1. The first-order valence-electron chi connectivity index (χ1n) is 8.06. The standard InChI is InChI=1S/C18H24N4O3S/c1-12-21-14(11-26-12)10-22(3)18(19-2)20-9-13-6-7-15(17(23)25-5)16(8-13)24-4/h6-8,11H,9-10H2,1-5H3,(H,19,20). The minimum atomic E-state index is -0.421. The monoisotopic (exact) mass is 376 g/mol. The molecule has 8 heteroatoms. The minimum absolute atomic E-state index is 0.402. The number of carbonyl (C=O) groups is 1. The Bertz CT molecular complexity index is 788. The van der Waals surface area contributed by atoms with Gasteiger partial charge in [0.2, 0.25) is 0 Å². The molecule has 0 aliphatic heterocycles. The van der Waals surface area contributed by atoms with Crippen LogP contribution in [0.25, 0.3) is 0 Å². The molecule has 1 N–H and O–H groups in total. The van der Waals surface area contributed by atoms with E-state index in [1.807, 2.05) is 31.0 Å². The Hall–Kier alpha value is -2.61. The molecular weight excluding hydrogens is 352 g/mol. The van der Waals surface area contributed by atoms with E-state index in [0.717, 1.165) is 22.2 Å². The molecule has 0 unspecified atom stereocenters. The number of benzene rings is 1. The van der Waals surface area contributed by atoms with Gasteiger partial charge in [-0.1, -0.05) is 6.07 Å². The summed E-state index contributed by atoms with van der Waals surface area (Å²) in [5.74, 6) is 0.819. The van der Waals surface area contributed by atoms with Crippen LogP contribution < -0.4 is 10.1 Å². The fourth-order valence-corrected chi connectivity index (χ4v) is 3.09. The van der Waals surface area contributed by atoms with Crippen LogP contribution in [-0.4, -0.2) is 50.1 Å². The molecule has 0 fully saturated rings. The maximum Gasteiger partial charge on any atom is 0.341 e. The molecule has 7 nitrogen and oxygen atoms in total. The Morgan fingerprint density at radius 1 is 1.38 bits per heavy atom. The van der Waals surface area contributed by atoms with Gasteiger partial charge in [0.25, 0.3) is 0 Å². The van der Waals surface area contributed by atoms with Crippen LogP contribution in [0.3, 0.4) is 0 Å². The summed E-state index contributed by atoms with van der Waals surface area (Å²) in [6.07, 6.45) is 0. The number of carbonyl (C=O) groups excluding carboxylic acids is 1. The van der Waals surface area contributed by atoms with Crippen molar-refractivity contribution in [3.05, 3.63) is 45.4 Å². The lowest BCUT2D eigenvalue weighted by Crippen LogP contribution is -2.38. The number of nitrogens with zero attached hydrogens (tertiary/aromatic N) is 3. The van der Waals surface area contributed by atoms with Crippen molar-refractivity contribution in [1.29, 1.82) is 0 Å². The van der Waals surface area contributed by atoms with Crippen molar-refractivity contribution in [2.75, 3.05) is 28.3 Å². The summed E-state index contributed by atoms with van der Waals surface area (Å²) in [5, 5.41) is 6.41. The van der Waals surface area contributed by atoms with Gasteiger partial charge in [-0.15, -0.1) is 11.3 Å². The fourth-order valence-electron chi connectivity index (χ4n) is 2.49. The Morgan fingerprint density at radius 3 is 2.73 bits per heavy atom. The number of nitrogens with one attached hydrogen (secondary N) is 1. The van der Waals surface area contributed by atoms with Crippen molar-refractivity contribution < 1.29 is 14.3 Å². The zero-order valence-electron chi connectivity index (χ0n) is 15.7. The van der Waals surface area contributed by atoms with Crippen molar-refractivity contribution >= 4 is 23.3 Å². The second-order valence-corrected chi connectivity index (χ2v) is 6.70. The lowest BCUT2D eigenvalue weighted by atomic mass is 10.1. The number of rotatable bonds is 6. The minimum Gasteiger partial charge on any atom is -0.496 e. The van der Waals surface area contributed by atoms with E-state index >= 15 is 0 Å². The van der Waals surface area contributed by atoms with Gasteiger partial charge in [-0.25, -0.2) is 9.78 Å². The van der Waals surface area contributed by atoms with Crippen LogP contribution in [0.1, 0.15) is 26.6 Å². The van der Waals surface area contributed by atoms with Crippen LogP contribution >= 0.6 is 11.3 Å². The van der Waals surface area contributed by atoms with Crippen LogP contribution in [-0.2, 0) is 17.8 Å². The van der Waals surface area contributed by atoms with Crippen LogP contribution in [0.2, 0.25) is 0 Å². The van der Waals surface area contributed by atoms with Crippen molar-refractivity contribution in [3.63, 3.8) is 0 Å². The molecule has 0 aliphatic rings. The van der Waals surface area contributed by atoms with Gasteiger partial charge >= 0.3 is 5.97 Å². The van der Waals surface area contributed by atoms with E-state index in [1.54, 1.807) is 24.5 Å². The van der Waals surface area contributed by atoms with E-state index < -0.39 is 5.97 Å². The molecule has 0 radical (unpaired) electrons. The SMILES string of the molecule is CN=C(NCc1ccc(C(=O)OC)c(OC)c1)N(C)Cc1csc(C)n1. The van der Waals surface area contributed by atoms with E-state index in [0.29, 0.717) is 24.4 Å². The number of thiazole rings is 1. The highest BCUT2D eigenvalue weighted by molar-refractivity contribution is 7.09. The number of aromatic nitrogens is 1. The van der Waals surface area contributed by atoms with Gasteiger partial charge in [-0.2, -0.15) is 0 Å². The van der Waals surface area contributed by atoms with Gasteiger partial charge in [0.15, 0.2) is 5.96 Å². The van der Waals surface area contributed by atoms with Crippen LogP contribution in [0, 0.1) is 6.92 Å². The molecule has 0 saturated carbocycles. The van der Waals surface area contributed by atoms with E-state index in [9.17, 15) is 4.79 Å². The summed E-state index contributed by atoms with van der Waals surface area (Å²) in [4.78, 5) is 22.5. The van der Waals surface area contributed by atoms with Gasteiger partial charge in [0.05, 0.1) is 31.5 Å².